The number of nitrogens with one attached hydrogen (secondary N) is 6. The molecule has 1 aromatic heterocycles. The number of aromatic nitrogens is 1. The Kier molecular flexibility index (Phi) is 46.2. The maximum absolute atomic E-state index is 15.1. The number of carboxylic acid groups (broad SMARTS) is 5. The fourth-order valence-corrected chi connectivity index (χ4v) is 16.5. The molecule has 40 heteroatoms. The molecule has 0 saturated carbocycles. The number of nitrogens with zero attached hydrogens (tertiary/aromatic N) is 3. The van der Waals surface area contributed by atoms with Crippen LogP contribution >= 0.6 is 45.1 Å². The van der Waals surface area contributed by atoms with Gasteiger partial charge in [-0.05, 0) is 112 Å². The normalized spacial score (nSPS) is 15.6. The average Bonchev–Trinajstić information content (AvgIpc) is 1.80. The number of alkyl carbamates (subject to hydrolysis) is 1. The van der Waals surface area contributed by atoms with Crippen molar-refractivity contribution in [1.29, 1.82) is 0 Å². The van der Waals surface area contributed by atoms with E-state index in [1.807, 2.05) is 46.6 Å². The molecule has 1 fully saturated rings. The third kappa shape index (κ3) is 38.6. The second-order valence-corrected chi connectivity index (χ2v) is 33.9. The van der Waals surface area contributed by atoms with E-state index in [-0.39, 0.29) is 110 Å². The number of carbonyl (C=O) groups is 17. The van der Waals surface area contributed by atoms with Gasteiger partial charge in [0, 0.05) is 99.1 Å². The Labute approximate surface area is 718 Å². The molecule has 2 aromatic carbocycles. The zero-order chi connectivity index (χ0) is 90.0. The molecular weight excluding hydrogens is 1660 g/mol. The van der Waals surface area contributed by atoms with Gasteiger partial charge in [0.2, 0.25) is 17.7 Å². The summed E-state index contributed by atoms with van der Waals surface area (Å²) in [6.07, 6.45) is -5.10. The lowest BCUT2D eigenvalue weighted by atomic mass is 9.82. The molecule has 3 aromatic rings. The molecular formula is C81H113N9O27S4. The summed E-state index contributed by atoms with van der Waals surface area (Å²) in [6, 6.07) is 7.76. The van der Waals surface area contributed by atoms with Gasteiger partial charge in [0.15, 0.2) is 41.5 Å². The number of carboxylic acids is 5. The first-order valence-electron chi connectivity index (χ1n) is 39.9. The van der Waals surface area contributed by atoms with Crippen molar-refractivity contribution in [3.05, 3.63) is 81.8 Å². The molecule has 1 unspecified atom stereocenters. The summed E-state index contributed by atoms with van der Waals surface area (Å²) >= 11 is 6.07. The molecule has 1 saturated heterocycles. The summed E-state index contributed by atoms with van der Waals surface area (Å²) < 4.78 is 21.7. The number of hydrogen-bond donors (Lipinski definition) is 12. The quantitative estimate of drug-likeness (QED) is 0.00515. The Morgan fingerprint density at radius 2 is 1.37 bits per heavy atom. The summed E-state index contributed by atoms with van der Waals surface area (Å²) in [7, 11) is 4.01. The number of benzene rings is 2. The van der Waals surface area contributed by atoms with Crippen molar-refractivity contribution in [3.63, 3.8) is 0 Å². The van der Waals surface area contributed by atoms with Crippen LogP contribution in [-0.2, 0) is 104 Å². The molecule has 1 aliphatic heterocycles. The number of likely N-dealkylation sites (tertiary alicyclic amines) is 1. The monoisotopic (exact) mass is 1770 g/mol. The summed E-state index contributed by atoms with van der Waals surface area (Å²) in [6.45, 7) is 11.8. The fraction of sp³-hybridized carbons (Fsp3) is 0.593. The van der Waals surface area contributed by atoms with Crippen molar-refractivity contribution in [2.75, 3.05) is 45.0 Å². The van der Waals surface area contributed by atoms with Crippen LogP contribution < -0.4 is 31.9 Å². The third-order valence-corrected chi connectivity index (χ3v) is 23.8. The smallest absolute Gasteiger partial charge is 0.407 e. The van der Waals surface area contributed by atoms with E-state index in [0.29, 0.717) is 30.4 Å². The number of phenolic OH excluding ortho intramolecular Hbond substituents is 1. The van der Waals surface area contributed by atoms with E-state index in [2.05, 4.69) is 36.9 Å². The number of ether oxygens (including phenoxy) is 4. The molecule has 5 amide bonds. The van der Waals surface area contributed by atoms with Gasteiger partial charge in [-0.1, -0.05) is 118 Å². The predicted octanol–water partition coefficient (Wildman–Crippen LogP) is 7.00. The molecule has 668 valence electrons. The zero-order valence-corrected chi connectivity index (χ0v) is 72.3. The van der Waals surface area contributed by atoms with E-state index >= 15 is 4.79 Å². The summed E-state index contributed by atoms with van der Waals surface area (Å²) in [5, 5.41) is 74.9. The first-order chi connectivity index (χ1) is 57.3. The Balaban J connectivity index is 1.36. The number of carbonyl (C=O) groups excluding carboxylic acids is 12. The second-order valence-electron chi connectivity index (χ2n) is 30.0. The van der Waals surface area contributed by atoms with Gasteiger partial charge in [-0.3, -0.25) is 72.0 Å². The van der Waals surface area contributed by atoms with E-state index in [4.69, 9.17) is 36.3 Å². The number of phenols is 1. The van der Waals surface area contributed by atoms with Crippen molar-refractivity contribution in [1.82, 2.24) is 46.7 Å². The van der Waals surface area contributed by atoms with Crippen LogP contribution in [0, 0.1) is 35.5 Å². The molecule has 4 rings (SSSR count). The number of aliphatic carboxylic acids is 5. The number of Topliss-reactive ketones (excluding diaryl/α,β-unsaturated/α-hetero) is 4. The highest BCUT2D eigenvalue weighted by Crippen LogP contribution is 2.35. The first-order valence-corrected chi connectivity index (χ1v) is 43.6. The number of ketones is 4. The lowest BCUT2D eigenvalue weighted by Crippen LogP contribution is -2.50. The van der Waals surface area contributed by atoms with Crippen molar-refractivity contribution >= 4 is 151 Å². The number of thiazole rings is 1. The largest absolute Gasteiger partial charge is 0.508 e. The molecule has 36 nitrogen and oxygen atoms in total. The van der Waals surface area contributed by atoms with Crippen LogP contribution in [-0.4, -0.2) is 239 Å². The summed E-state index contributed by atoms with van der Waals surface area (Å²) in [5.41, 5.74) is 1.12. The highest BCUT2D eigenvalue weighted by Gasteiger charge is 2.41. The fourth-order valence-electron chi connectivity index (χ4n) is 13.2. The van der Waals surface area contributed by atoms with Gasteiger partial charge in [-0.2, -0.15) is 0 Å². The number of thiocarbonyl (C=S) groups is 1. The van der Waals surface area contributed by atoms with Crippen molar-refractivity contribution in [2.45, 2.75) is 225 Å². The van der Waals surface area contributed by atoms with Gasteiger partial charge in [0.25, 0.3) is 12.4 Å². The van der Waals surface area contributed by atoms with Crippen LogP contribution in [0.5, 0.6) is 5.75 Å². The van der Waals surface area contributed by atoms with Crippen LogP contribution in [0.3, 0.4) is 0 Å². The van der Waals surface area contributed by atoms with Gasteiger partial charge >= 0.3 is 47.9 Å². The summed E-state index contributed by atoms with van der Waals surface area (Å²) in [4.78, 5) is 229. The molecule has 0 radical (unpaired) electrons. The van der Waals surface area contributed by atoms with Gasteiger partial charge in [-0.15, -0.1) is 11.3 Å². The van der Waals surface area contributed by atoms with Gasteiger partial charge in [0.1, 0.15) is 40.9 Å². The minimum absolute atomic E-state index is 0.0108. The van der Waals surface area contributed by atoms with E-state index in [0.717, 1.165) is 52.3 Å². The first kappa shape index (κ1) is 103. The Bertz CT molecular complexity index is 4010. The van der Waals surface area contributed by atoms with Gasteiger partial charge < -0.3 is 86.4 Å². The minimum atomic E-state index is -1.74. The van der Waals surface area contributed by atoms with E-state index in [1.165, 1.54) is 29.3 Å². The third-order valence-electron chi connectivity index (χ3n) is 20.2. The standard InChI is InChI=1S/C81H113N9O27S4/c1-9-16-72(103)115-44-90(76(106)57(47(5)10-2)39-65(96)62-19-14-15-30-89(62)8)63(46(3)4)40-67(117-49(7)92)75-86-61(43-119-75)74(105)83-54(34-51-20-22-55(93)23-21-51)33-48(6)66(97)41-82-81(113)114-31-32-120-121-42-53(77(107)108)37-64(95)60(35-50-17-12-11-13-18-50)85-73(104)52(38-71(101)102)36-56(94)24-25-58(78(109)110)84-68(98)27-26-59(79(111)112)87-80(118)88-69(116-45-91)28-29-70(99)100/h11-13,17-18,20-23,43,45-48,52-54,57-60,62-63,67,69,93H,9-10,14-16,19,24-42,44H2,1-8H3,(H,82,113)(H,83,105)(H,84,98)(H,85,104)(H,99,100)(H,101,102)(H,107,108)(H,109,110)(H,111,112)(H2,87,88,118)/t47?,48-,52-,53-,54+,57-,58-,59+,60-,62+,63+,67+,69-/m0/s1. The lowest BCUT2D eigenvalue weighted by molar-refractivity contribution is -0.162. The number of aromatic hydroxyl groups is 1. The second kappa shape index (κ2) is 54.2. The maximum Gasteiger partial charge on any atom is 0.407 e. The van der Waals surface area contributed by atoms with E-state index < -0.39 is 225 Å². The van der Waals surface area contributed by atoms with E-state index in [9.17, 15) is 102 Å². The Hall–Kier alpha value is -10.2. The zero-order valence-electron chi connectivity index (χ0n) is 69.0. The SMILES string of the molecule is CCCC(=O)OCN(C(=O)[C@@H](CC(=O)[C@H]1CCCCN1C)C(C)CC)[C@H](C[C@@H](OC(C)=O)c1nc(C(=O)N[C@@H](Cc2ccc(O)cc2)C[C@H](C)C(=O)CNC(=O)OCCSSC[C@H](CC(=O)[C@H](Cc2ccccc2)NC(=O)[C@H](CC(=O)O)CC(=O)CC[C@H](NC(=O)CC[C@@H](NC(=S)N[C@H](CCC(=O)O)OC=O)C(=O)O)C(=O)O)C(=O)O)cs1)C(C)C. The van der Waals surface area contributed by atoms with Crippen molar-refractivity contribution in [3.8, 4) is 5.75 Å². The van der Waals surface area contributed by atoms with Gasteiger partial charge in [-0.25, -0.2) is 19.4 Å². The van der Waals surface area contributed by atoms with Gasteiger partial charge in [0.05, 0.1) is 43.3 Å². The molecule has 12 N–H and O–H groups in total. The summed E-state index contributed by atoms with van der Waals surface area (Å²) in [5.74, 6) is -18.9. The number of rotatable bonds is 59. The van der Waals surface area contributed by atoms with Crippen LogP contribution in [0.15, 0.2) is 60.0 Å². The van der Waals surface area contributed by atoms with Crippen LogP contribution in [0.2, 0.25) is 0 Å². The molecule has 0 spiro atoms. The lowest BCUT2D eigenvalue weighted by Gasteiger charge is -2.39. The highest BCUT2D eigenvalue weighted by molar-refractivity contribution is 8.76. The molecule has 0 aliphatic carbocycles. The Morgan fingerprint density at radius 1 is 0.702 bits per heavy atom. The number of esters is 2. The number of piperidine rings is 1. The van der Waals surface area contributed by atoms with Crippen molar-refractivity contribution < 1.29 is 131 Å². The van der Waals surface area contributed by atoms with Crippen molar-refractivity contribution in [2.24, 2.45) is 35.5 Å². The van der Waals surface area contributed by atoms with E-state index in [1.54, 1.807) is 49.4 Å². The highest BCUT2D eigenvalue weighted by atomic mass is 33.1. The topological polar surface area (TPSA) is 540 Å². The molecule has 1 aliphatic rings. The number of likely N-dealkylation sites (N-methyl/N-ethyl adjacent to an activating group) is 1. The number of amides is 5. The number of hydrogen-bond acceptors (Lipinski definition) is 28. The predicted molar refractivity (Wildman–Crippen MR) is 446 cm³/mol. The van der Waals surface area contributed by atoms with Crippen LogP contribution in [0.4, 0.5) is 4.79 Å². The minimum Gasteiger partial charge on any atom is -0.508 e. The molecule has 13 atom stereocenters. The maximum atomic E-state index is 15.1. The molecule has 0 bridgehead atoms. The van der Waals surface area contributed by atoms with Crippen LogP contribution in [0.25, 0.3) is 0 Å². The molecule has 2 heterocycles. The average molecular weight is 1770 g/mol. The molecule has 121 heavy (non-hydrogen) atoms. The van der Waals surface area contributed by atoms with Crippen LogP contribution in [0.1, 0.15) is 197 Å². The Morgan fingerprint density at radius 3 is 1.98 bits per heavy atom.